The van der Waals surface area contributed by atoms with E-state index in [1.807, 2.05) is 121 Å². The van der Waals surface area contributed by atoms with E-state index in [1.165, 1.54) is 21.5 Å². The summed E-state index contributed by atoms with van der Waals surface area (Å²) in [4.78, 5) is 0. The topological polar surface area (TPSA) is 36.9 Å². The van der Waals surface area contributed by atoms with Crippen LogP contribution in [-0.4, -0.2) is 14.4 Å². The second-order valence-corrected chi connectivity index (χ2v) is 18.3. The molecular formula is C49H42AlO4P. The lowest BCUT2D eigenvalue weighted by molar-refractivity contribution is 0.161. The van der Waals surface area contributed by atoms with Crippen LogP contribution < -0.4 is 31.1 Å². The van der Waals surface area contributed by atoms with Gasteiger partial charge in [0.1, 0.15) is 23.2 Å². The minimum atomic E-state index is -4.13. The van der Waals surface area contributed by atoms with Crippen molar-refractivity contribution >= 4 is 37.6 Å². The van der Waals surface area contributed by atoms with Crippen molar-refractivity contribution in [3.63, 3.8) is 0 Å². The first-order valence-electron chi connectivity index (χ1n) is 18.4. The van der Waals surface area contributed by atoms with Gasteiger partial charge in [-0.2, -0.15) is 0 Å². The van der Waals surface area contributed by atoms with Crippen LogP contribution in [0, 0.1) is 0 Å². The largest absolute Gasteiger partial charge is 1.21 e. The van der Waals surface area contributed by atoms with Crippen LogP contribution in [0.3, 0.4) is 0 Å². The molecule has 0 N–H and O–H groups in total. The minimum Gasteiger partial charge on any atom is -0.697 e. The predicted molar refractivity (Wildman–Crippen MR) is 229 cm³/mol. The quantitative estimate of drug-likeness (QED) is 0.0868. The van der Waals surface area contributed by atoms with Crippen molar-refractivity contribution < 1.29 is 15.2 Å². The fraction of sp³-hybridized carbons (Fsp3) is 0.0204. The van der Waals surface area contributed by atoms with E-state index in [-0.39, 0.29) is 0 Å². The highest BCUT2D eigenvalue weighted by molar-refractivity contribution is 7.95. The summed E-state index contributed by atoms with van der Waals surface area (Å²) in [6.07, 6.45) is 1.03. The van der Waals surface area contributed by atoms with Gasteiger partial charge in [-0.1, -0.05) is 158 Å². The van der Waals surface area contributed by atoms with Crippen LogP contribution in [0.1, 0.15) is 5.56 Å². The highest BCUT2D eigenvalue weighted by Crippen LogP contribution is 2.58. The molecule has 8 aromatic carbocycles. The van der Waals surface area contributed by atoms with Gasteiger partial charge in [-0.05, 0) is 90.5 Å². The predicted octanol–water partition coefficient (Wildman–Crippen LogP) is 10.9. The van der Waals surface area contributed by atoms with Crippen LogP contribution in [0.5, 0.6) is 23.0 Å². The van der Waals surface area contributed by atoms with Gasteiger partial charge in [0.15, 0.2) is 0 Å². The fourth-order valence-electron chi connectivity index (χ4n) is 6.43. The smallest absolute Gasteiger partial charge is 0.697 e. The van der Waals surface area contributed by atoms with E-state index in [2.05, 4.69) is 121 Å². The Balaban J connectivity index is 0.000000170. The van der Waals surface area contributed by atoms with Gasteiger partial charge >= 0.3 is 14.4 Å². The third-order valence-electron chi connectivity index (χ3n) is 8.95. The van der Waals surface area contributed by atoms with Crippen LogP contribution in [0.2, 0.25) is 0 Å². The van der Waals surface area contributed by atoms with Crippen molar-refractivity contribution in [1.82, 2.24) is 0 Å². The fourth-order valence-corrected chi connectivity index (χ4v) is 12.9. The summed E-state index contributed by atoms with van der Waals surface area (Å²) in [5.41, 5.74) is 1.39. The molecule has 0 aliphatic rings. The summed E-state index contributed by atoms with van der Waals surface area (Å²) in [6, 6.07) is 81.7. The van der Waals surface area contributed by atoms with Crippen molar-refractivity contribution in [3.05, 3.63) is 248 Å². The SMILES string of the molecule is c1ccc(C[P+](c2ccccc2)(c2ccccc2)c2ccccc2)cc1.c1ccc([O][Al-]([O]c2ccccc2)([O]c2ccccc2)[O]c2ccccc2)cc1. The highest BCUT2D eigenvalue weighted by atomic mass is 31.2. The maximum absolute atomic E-state index is 6.31. The average Bonchev–Trinajstić information content (AvgIpc) is 3.26. The molecule has 8 aromatic rings. The highest BCUT2D eigenvalue weighted by Gasteiger charge is 2.64. The zero-order chi connectivity index (χ0) is 37.4. The van der Waals surface area contributed by atoms with Gasteiger partial charge in [-0.15, -0.1) is 0 Å². The van der Waals surface area contributed by atoms with Crippen LogP contribution in [0.4, 0.5) is 0 Å². The summed E-state index contributed by atoms with van der Waals surface area (Å²) >= 11 is -4.13. The molecule has 0 atom stereocenters. The molecule has 0 spiro atoms. The van der Waals surface area contributed by atoms with Gasteiger partial charge in [0.05, 0.1) is 29.2 Å². The maximum atomic E-state index is 6.31. The molecule has 0 bridgehead atoms. The molecule has 55 heavy (non-hydrogen) atoms. The van der Waals surface area contributed by atoms with E-state index < -0.39 is 21.7 Å². The molecule has 0 saturated carbocycles. The van der Waals surface area contributed by atoms with Crippen LogP contribution in [0.15, 0.2) is 243 Å². The molecular weight excluding hydrogens is 710 g/mol. The first-order chi connectivity index (χ1) is 27.2. The molecule has 0 amide bonds. The normalized spacial score (nSPS) is 11.0. The third-order valence-corrected chi connectivity index (χ3v) is 15.6. The van der Waals surface area contributed by atoms with Crippen molar-refractivity contribution in [2.75, 3.05) is 0 Å². The summed E-state index contributed by atoms with van der Waals surface area (Å²) in [5, 5.41) is 4.30. The summed E-state index contributed by atoms with van der Waals surface area (Å²) in [6.45, 7) is 0. The van der Waals surface area contributed by atoms with E-state index in [0.717, 1.165) is 6.16 Å². The van der Waals surface area contributed by atoms with Gasteiger partial charge in [-0.3, -0.25) is 0 Å². The molecule has 0 heterocycles. The number of benzene rings is 8. The maximum Gasteiger partial charge on any atom is 1.21 e. The lowest BCUT2D eigenvalue weighted by Gasteiger charge is -2.38. The molecule has 270 valence electrons. The zero-order valence-corrected chi connectivity index (χ0v) is 32.5. The minimum absolute atomic E-state index is 0.611. The van der Waals surface area contributed by atoms with Crippen LogP contribution in [-0.2, 0) is 6.16 Å². The Morgan fingerprint density at radius 1 is 0.273 bits per heavy atom. The van der Waals surface area contributed by atoms with Crippen LogP contribution in [0.25, 0.3) is 0 Å². The lowest BCUT2D eigenvalue weighted by atomic mass is 10.2. The van der Waals surface area contributed by atoms with E-state index in [0.29, 0.717) is 23.0 Å². The summed E-state index contributed by atoms with van der Waals surface area (Å²) < 4.78 is 25.3. The molecule has 0 saturated heterocycles. The molecule has 0 aromatic heterocycles. The number of rotatable bonds is 13. The van der Waals surface area contributed by atoms with E-state index >= 15 is 0 Å². The molecule has 0 fully saturated rings. The monoisotopic (exact) mass is 752 g/mol. The Hall–Kier alpha value is -6.08. The van der Waals surface area contributed by atoms with Gasteiger partial charge < -0.3 is 15.2 Å². The third kappa shape index (κ3) is 9.92. The van der Waals surface area contributed by atoms with Gasteiger partial charge in [0.2, 0.25) is 0 Å². The number of para-hydroxylation sites is 4. The van der Waals surface area contributed by atoms with Crippen LogP contribution >= 0.6 is 7.26 Å². The summed E-state index contributed by atoms with van der Waals surface area (Å²) in [7, 11) is -1.78. The molecule has 8 rings (SSSR count). The van der Waals surface area contributed by atoms with E-state index in [1.54, 1.807) is 0 Å². The second kappa shape index (κ2) is 18.8. The standard InChI is InChI=1S/C25H22P.4C6H6O.Al/c1-5-13-22(14-6-1)21-26(23-15-7-2-8-16-23,24-17-9-3-10-18-24)25-19-11-4-12-20-25;4*7-6-4-2-1-3-5-6;/h1-20H,21H2;4*1-5,7H;/q+1;;;;;+3/p-4. The number of hydrogen-bond donors (Lipinski definition) is 0. The molecule has 0 radical (unpaired) electrons. The van der Waals surface area contributed by atoms with Crippen molar-refractivity contribution in [2.45, 2.75) is 6.16 Å². The Labute approximate surface area is 328 Å². The lowest BCUT2D eigenvalue weighted by Crippen LogP contribution is -2.60. The van der Waals surface area contributed by atoms with Crippen molar-refractivity contribution in [1.29, 1.82) is 0 Å². The molecule has 0 aliphatic carbocycles. The molecule has 0 aliphatic heterocycles. The Bertz CT molecular complexity index is 2000. The Morgan fingerprint density at radius 2 is 0.491 bits per heavy atom. The van der Waals surface area contributed by atoms with Crippen molar-refractivity contribution in [3.8, 4) is 23.0 Å². The van der Waals surface area contributed by atoms with Gasteiger partial charge in [0, 0.05) is 0 Å². The van der Waals surface area contributed by atoms with E-state index in [4.69, 9.17) is 15.2 Å². The number of hydrogen-bond acceptors (Lipinski definition) is 4. The van der Waals surface area contributed by atoms with E-state index in [9.17, 15) is 0 Å². The summed E-state index contributed by atoms with van der Waals surface area (Å²) in [5.74, 6) is 2.45. The zero-order valence-electron chi connectivity index (χ0n) is 30.5. The first kappa shape index (κ1) is 37.2. The molecule has 0 unspecified atom stereocenters. The second-order valence-electron chi connectivity index (χ2n) is 12.8. The Morgan fingerprint density at radius 3 is 0.745 bits per heavy atom. The Kier molecular flexibility index (Phi) is 12.7. The molecule has 6 heteroatoms. The first-order valence-corrected chi connectivity index (χ1v) is 22.2. The van der Waals surface area contributed by atoms with Gasteiger partial charge in [0.25, 0.3) is 0 Å². The van der Waals surface area contributed by atoms with Gasteiger partial charge in [-0.25, -0.2) is 0 Å². The average molecular weight is 753 g/mol. The molecule has 4 nitrogen and oxygen atoms in total. The van der Waals surface area contributed by atoms with Crippen molar-refractivity contribution in [2.24, 2.45) is 0 Å².